The molecule has 3 heterocycles. The second-order valence-electron chi connectivity index (χ2n) is 6.22. The number of halogens is 1. The molecule has 3 aromatic heterocycles. The molecule has 140 valence electrons. The van der Waals surface area contributed by atoms with Gasteiger partial charge in [-0.15, -0.1) is 0 Å². The van der Waals surface area contributed by atoms with Crippen LogP contribution in [0, 0.1) is 0 Å². The summed E-state index contributed by atoms with van der Waals surface area (Å²) in [5.41, 5.74) is 2.65. The third-order valence-electron chi connectivity index (χ3n) is 4.23. The van der Waals surface area contributed by atoms with E-state index in [0.717, 1.165) is 16.7 Å². The molecule has 1 aromatic carbocycles. The number of nitrogens with zero attached hydrogens (tertiary/aromatic N) is 4. The largest absolute Gasteiger partial charge is 0.355 e. The van der Waals surface area contributed by atoms with Crippen molar-refractivity contribution in [3.63, 3.8) is 0 Å². The molecule has 0 unspecified atom stereocenters. The van der Waals surface area contributed by atoms with E-state index in [1.807, 2.05) is 24.3 Å². The Morgan fingerprint density at radius 2 is 2.00 bits per heavy atom. The van der Waals surface area contributed by atoms with Gasteiger partial charge >= 0.3 is 0 Å². The highest BCUT2D eigenvalue weighted by Gasteiger charge is 2.21. The molecule has 0 aliphatic rings. The second kappa shape index (κ2) is 7.66. The van der Waals surface area contributed by atoms with Crippen LogP contribution < -0.4 is 5.32 Å². The van der Waals surface area contributed by atoms with E-state index in [1.54, 1.807) is 54.7 Å². The predicted molar refractivity (Wildman–Crippen MR) is 104 cm³/mol. The van der Waals surface area contributed by atoms with Gasteiger partial charge in [-0.1, -0.05) is 35.0 Å². The van der Waals surface area contributed by atoms with Crippen LogP contribution in [0.4, 0.5) is 0 Å². The topological polar surface area (TPSA) is 85.8 Å². The molecule has 1 N–H and O–H groups in total. The molecule has 1 atom stereocenters. The maximum atomic E-state index is 12.8. The zero-order chi connectivity index (χ0) is 19.5. The van der Waals surface area contributed by atoms with Gasteiger partial charge in [0.1, 0.15) is 0 Å². The van der Waals surface area contributed by atoms with Gasteiger partial charge in [0.2, 0.25) is 0 Å². The minimum absolute atomic E-state index is 0.182. The monoisotopic (exact) mass is 393 g/mol. The predicted octanol–water partition coefficient (Wildman–Crippen LogP) is 3.64. The number of aromatic nitrogens is 4. The Labute approximate surface area is 166 Å². The van der Waals surface area contributed by atoms with Crippen molar-refractivity contribution in [2.24, 2.45) is 7.05 Å². The van der Waals surface area contributed by atoms with E-state index in [2.05, 4.69) is 20.6 Å². The molecule has 0 spiro atoms. The van der Waals surface area contributed by atoms with E-state index < -0.39 is 6.04 Å². The van der Waals surface area contributed by atoms with Crippen molar-refractivity contribution in [2.45, 2.75) is 6.04 Å². The summed E-state index contributed by atoms with van der Waals surface area (Å²) in [4.78, 5) is 17.0. The number of aryl methyl sites for hydroxylation is 1. The smallest absolute Gasteiger partial charge is 0.274 e. The molecule has 0 fully saturated rings. The van der Waals surface area contributed by atoms with Gasteiger partial charge in [0.05, 0.1) is 17.8 Å². The van der Waals surface area contributed by atoms with Crippen LogP contribution >= 0.6 is 11.6 Å². The lowest BCUT2D eigenvalue weighted by Crippen LogP contribution is -2.29. The van der Waals surface area contributed by atoms with Crippen LogP contribution in [0.25, 0.3) is 11.3 Å². The lowest BCUT2D eigenvalue weighted by Gasteiger charge is -2.19. The normalized spacial score (nSPS) is 11.9. The fourth-order valence-corrected chi connectivity index (χ4v) is 2.96. The zero-order valence-electron chi connectivity index (χ0n) is 14.9. The molecule has 0 bridgehead atoms. The van der Waals surface area contributed by atoms with Crippen LogP contribution in [0.3, 0.4) is 0 Å². The Morgan fingerprint density at radius 3 is 2.68 bits per heavy atom. The number of amides is 1. The average Bonchev–Trinajstić information content (AvgIpc) is 3.37. The number of rotatable bonds is 5. The van der Waals surface area contributed by atoms with Crippen LogP contribution in [-0.4, -0.2) is 25.8 Å². The minimum atomic E-state index is -0.406. The first kappa shape index (κ1) is 17.9. The number of hydrogen-bond donors (Lipinski definition) is 1. The first-order chi connectivity index (χ1) is 13.6. The van der Waals surface area contributed by atoms with Crippen molar-refractivity contribution in [3.05, 3.63) is 89.1 Å². The van der Waals surface area contributed by atoms with Gasteiger partial charge in [0, 0.05) is 36.7 Å². The second-order valence-corrected chi connectivity index (χ2v) is 6.66. The summed E-state index contributed by atoms with van der Waals surface area (Å²) < 4.78 is 6.95. The Hall–Kier alpha value is -3.45. The molecule has 0 aliphatic carbocycles. The molecule has 0 radical (unpaired) electrons. The molecular formula is C20H16ClN5O2. The average molecular weight is 394 g/mol. The third-order valence-corrected chi connectivity index (χ3v) is 4.48. The Bertz CT molecular complexity index is 1090. The zero-order valence-corrected chi connectivity index (χ0v) is 15.7. The van der Waals surface area contributed by atoms with E-state index in [9.17, 15) is 4.79 Å². The van der Waals surface area contributed by atoms with E-state index >= 15 is 0 Å². The summed E-state index contributed by atoms with van der Waals surface area (Å²) in [5, 5.41) is 11.6. The van der Waals surface area contributed by atoms with Crippen molar-refractivity contribution in [2.75, 3.05) is 0 Å². The quantitative estimate of drug-likeness (QED) is 0.559. The van der Waals surface area contributed by atoms with E-state index in [0.29, 0.717) is 10.8 Å². The number of hydrogen-bond acceptors (Lipinski definition) is 5. The van der Waals surface area contributed by atoms with Crippen molar-refractivity contribution in [1.82, 2.24) is 25.2 Å². The first-order valence-corrected chi connectivity index (χ1v) is 8.90. The van der Waals surface area contributed by atoms with Crippen molar-refractivity contribution < 1.29 is 9.32 Å². The Balaban J connectivity index is 1.61. The van der Waals surface area contributed by atoms with Crippen LogP contribution in [-0.2, 0) is 7.05 Å². The van der Waals surface area contributed by atoms with Crippen LogP contribution in [0.1, 0.15) is 27.7 Å². The van der Waals surface area contributed by atoms with Crippen LogP contribution in [0.2, 0.25) is 5.02 Å². The maximum absolute atomic E-state index is 12.8. The Kier molecular flexibility index (Phi) is 4.90. The van der Waals surface area contributed by atoms with Gasteiger partial charge in [-0.25, -0.2) is 0 Å². The summed E-state index contributed by atoms with van der Waals surface area (Å²) in [6, 6.07) is 12.2. The fraction of sp³-hybridized carbons (Fsp3) is 0.100. The molecule has 0 saturated heterocycles. The van der Waals surface area contributed by atoms with E-state index in [1.165, 1.54) is 0 Å². The molecule has 0 aliphatic heterocycles. The highest BCUT2D eigenvalue weighted by molar-refractivity contribution is 6.30. The lowest BCUT2D eigenvalue weighted by atomic mass is 10.00. The Morgan fingerprint density at radius 1 is 1.18 bits per heavy atom. The van der Waals surface area contributed by atoms with Gasteiger partial charge in [-0.3, -0.25) is 14.5 Å². The maximum Gasteiger partial charge on any atom is 0.274 e. The summed E-state index contributed by atoms with van der Waals surface area (Å²) in [6.07, 6.45) is 6.83. The summed E-state index contributed by atoms with van der Waals surface area (Å²) in [5.74, 6) is 0.116. The SMILES string of the molecule is Cn1cc(-c2cc(C(=O)N[C@H](c3ccc(Cl)cc3)c3cccnc3)no2)cn1. The fourth-order valence-electron chi connectivity index (χ4n) is 2.83. The molecule has 4 rings (SSSR count). The lowest BCUT2D eigenvalue weighted by molar-refractivity contribution is 0.0934. The van der Waals surface area contributed by atoms with Gasteiger partial charge in [0.15, 0.2) is 11.5 Å². The first-order valence-electron chi connectivity index (χ1n) is 8.52. The number of carbonyl (C=O) groups is 1. The molecule has 7 nitrogen and oxygen atoms in total. The van der Waals surface area contributed by atoms with Crippen molar-refractivity contribution in [3.8, 4) is 11.3 Å². The van der Waals surface area contributed by atoms with Crippen LogP contribution in [0.5, 0.6) is 0 Å². The highest BCUT2D eigenvalue weighted by atomic mass is 35.5. The van der Waals surface area contributed by atoms with E-state index in [-0.39, 0.29) is 11.6 Å². The van der Waals surface area contributed by atoms with Crippen molar-refractivity contribution >= 4 is 17.5 Å². The highest BCUT2D eigenvalue weighted by Crippen LogP contribution is 2.24. The summed E-state index contributed by atoms with van der Waals surface area (Å²) in [7, 11) is 1.80. The molecule has 0 saturated carbocycles. The summed E-state index contributed by atoms with van der Waals surface area (Å²) >= 11 is 6.00. The third kappa shape index (κ3) is 3.79. The van der Waals surface area contributed by atoms with Gasteiger partial charge < -0.3 is 9.84 Å². The van der Waals surface area contributed by atoms with Gasteiger partial charge in [-0.2, -0.15) is 5.10 Å². The number of carbonyl (C=O) groups excluding carboxylic acids is 1. The number of benzene rings is 1. The molecule has 4 aromatic rings. The van der Waals surface area contributed by atoms with Crippen LogP contribution in [0.15, 0.2) is 71.8 Å². The van der Waals surface area contributed by atoms with Gasteiger partial charge in [-0.05, 0) is 29.3 Å². The summed E-state index contributed by atoms with van der Waals surface area (Å²) in [6.45, 7) is 0. The molecule has 8 heteroatoms. The van der Waals surface area contributed by atoms with Crippen molar-refractivity contribution in [1.29, 1.82) is 0 Å². The van der Waals surface area contributed by atoms with E-state index in [4.69, 9.17) is 16.1 Å². The number of nitrogens with one attached hydrogen (secondary N) is 1. The number of pyridine rings is 1. The molecule has 28 heavy (non-hydrogen) atoms. The molecular weight excluding hydrogens is 378 g/mol. The standard InChI is InChI=1S/C20H16ClN5O2/c1-26-12-15(11-23-26)18-9-17(25-28-18)20(27)24-19(14-3-2-8-22-10-14)13-4-6-16(21)7-5-13/h2-12,19H,1H3,(H,24,27)/t19-/m1/s1. The molecule has 1 amide bonds. The minimum Gasteiger partial charge on any atom is -0.355 e. The van der Waals surface area contributed by atoms with Gasteiger partial charge in [0.25, 0.3) is 5.91 Å².